The maximum absolute atomic E-state index is 13.4. The quantitative estimate of drug-likeness (QED) is 0.366. The molecule has 0 aliphatic carbocycles. The van der Waals surface area contributed by atoms with Crippen molar-refractivity contribution in [2.24, 2.45) is 0 Å². The number of nitrogens with zero attached hydrogens (tertiary/aromatic N) is 3. The van der Waals surface area contributed by atoms with Crippen LogP contribution in [0, 0.1) is 13.8 Å². The van der Waals surface area contributed by atoms with E-state index in [0.717, 1.165) is 11.1 Å². The first-order valence-electron chi connectivity index (χ1n) is 9.96. The van der Waals surface area contributed by atoms with Gasteiger partial charge in [0, 0.05) is 12.6 Å². The highest BCUT2D eigenvalue weighted by Crippen LogP contribution is 2.37. The Hall–Kier alpha value is -3.37. The summed E-state index contributed by atoms with van der Waals surface area (Å²) in [6.45, 7) is 3.93. The topological polar surface area (TPSA) is 94.8 Å². The highest BCUT2D eigenvalue weighted by atomic mass is 32.2. The Balaban J connectivity index is 1.69. The van der Waals surface area contributed by atoms with Crippen molar-refractivity contribution in [1.29, 1.82) is 0 Å². The molecule has 0 spiro atoms. The van der Waals surface area contributed by atoms with Crippen molar-refractivity contribution >= 4 is 27.0 Å². The average molecular weight is 486 g/mol. The number of benzene rings is 2. The maximum atomic E-state index is 13.4. The lowest BCUT2D eigenvalue weighted by molar-refractivity contribution is 0.355. The van der Waals surface area contributed by atoms with E-state index < -0.39 is 10.0 Å². The second-order valence-corrected chi connectivity index (χ2v) is 10.2. The Morgan fingerprint density at radius 2 is 1.73 bits per heavy atom. The lowest BCUT2D eigenvalue weighted by Crippen LogP contribution is -2.26. The molecule has 0 saturated heterocycles. The molecule has 0 amide bonds. The SMILES string of the molecule is COc1ccc(-c2noc(-c3sccc3S(=O)(=O)N(C)c3ccc(C)c(C)c3)n2)cc1OC. The summed E-state index contributed by atoms with van der Waals surface area (Å²) in [4.78, 5) is 4.93. The summed E-state index contributed by atoms with van der Waals surface area (Å²) in [7, 11) is 0.772. The van der Waals surface area contributed by atoms with Crippen molar-refractivity contribution in [3.63, 3.8) is 0 Å². The minimum atomic E-state index is -3.85. The van der Waals surface area contributed by atoms with Crippen LogP contribution in [-0.4, -0.2) is 39.8 Å². The fourth-order valence-corrected chi connectivity index (χ4v) is 5.77. The number of rotatable bonds is 7. The number of methoxy groups -OCH3 is 2. The molecule has 172 valence electrons. The van der Waals surface area contributed by atoms with Gasteiger partial charge in [0.2, 0.25) is 5.82 Å². The van der Waals surface area contributed by atoms with Crippen LogP contribution in [0.15, 0.2) is 57.3 Å². The third-order valence-electron chi connectivity index (χ3n) is 5.38. The Morgan fingerprint density at radius 3 is 2.42 bits per heavy atom. The van der Waals surface area contributed by atoms with Crippen LogP contribution in [0.2, 0.25) is 0 Å². The Morgan fingerprint density at radius 1 is 0.970 bits per heavy atom. The summed E-state index contributed by atoms with van der Waals surface area (Å²) < 4.78 is 44.1. The van der Waals surface area contributed by atoms with Crippen LogP contribution in [0.3, 0.4) is 0 Å². The predicted molar refractivity (Wildman–Crippen MR) is 128 cm³/mol. The van der Waals surface area contributed by atoms with Gasteiger partial charge in [-0.3, -0.25) is 4.31 Å². The number of sulfonamides is 1. The van der Waals surface area contributed by atoms with Crippen molar-refractivity contribution in [3.05, 3.63) is 59.0 Å². The van der Waals surface area contributed by atoms with E-state index in [1.807, 2.05) is 26.0 Å². The molecule has 0 radical (unpaired) electrons. The van der Waals surface area contributed by atoms with Crippen molar-refractivity contribution in [1.82, 2.24) is 10.1 Å². The molecule has 0 N–H and O–H groups in total. The third-order valence-corrected chi connectivity index (χ3v) is 8.24. The van der Waals surface area contributed by atoms with E-state index in [0.29, 0.717) is 33.5 Å². The van der Waals surface area contributed by atoms with Crippen LogP contribution >= 0.6 is 11.3 Å². The van der Waals surface area contributed by atoms with Gasteiger partial charge in [-0.15, -0.1) is 11.3 Å². The second-order valence-electron chi connectivity index (χ2n) is 7.35. The highest BCUT2D eigenvalue weighted by molar-refractivity contribution is 7.93. The molecule has 0 atom stereocenters. The van der Waals surface area contributed by atoms with Crippen molar-refractivity contribution in [2.45, 2.75) is 18.7 Å². The molecular weight excluding hydrogens is 462 g/mol. The molecule has 2 heterocycles. The zero-order valence-corrected chi connectivity index (χ0v) is 20.5. The van der Waals surface area contributed by atoms with Crippen molar-refractivity contribution in [2.75, 3.05) is 25.6 Å². The zero-order valence-electron chi connectivity index (χ0n) is 18.8. The van der Waals surface area contributed by atoms with Crippen molar-refractivity contribution < 1.29 is 22.4 Å². The first-order valence-corrected chi connectivity index (χ1v) is 12.3. The standard InChI is InChI=1S/C23H23N3O5S2/c1-14-6-8-17(12-15(14)2)26(3)33(27,28)20-10-11-32-21(20)23-24-22(25-31-23)16-7-9-18(29-4)19(13-16)30-5/h6-13H,1-5H3. The zero-order chi connectivity index (χ0) is 23.8. The first-order chi connectivity index (χ1) is 15.8. The number of anilines is 1. The average Bonchev–Trinajstić information content (AvgIpc) is 3.50. The first kappa shape index (κ1) is 22.8. The lowest BCUT2D eigenvalue weighted by Gasteiger charge is -2.20. The molecule has 0 saturated carbocycles. The van der Waals surface area contributed by atoms with Gasteiger partial charge in [-0.1, -0.05) is 11.2 Å². The number of aryl methyl sites for hydroxylation is 2. The molecule has 0 unspecified atom stereocenters. The van der Waals surface area contributed by atoms with Gasteiger partial charge in [-0.25, -0.2) is 8.42 Å². The van der Waals surface area contributed by atoms with Gasteiger partial charge in [0.1, 0.15) is 9.77 Å². The van der Waals surface area contributed by atoms with Gasteiger partial charge >= 0.3 is 0 Å². The Kier molecular flexibility index (Phi) is 6.13. The van der Waals surface area contributed by atoms with Gasteiger partial charge in [0.15, 0.2) is 11.5 Å². The molecule has 4 rings (SSSR count). The molecule has 10 heteroatoms. The molecule has 2 aromatic carbocycles. The molecule has 4 aromatic rings. The monoisotopic (exact) mass is 485 g/mol. The van der Waals surface area contributed by atoms with Crippen LogP contribution in [0.1, 0.15) is 11.1 Å². The summed E-state index contributed by atoms with van der Waals surface area (Å²) in [6, 6.07) is 12.3. The molecule has 0 aliphatic heterocycles. The molecule has 33 heavy (non-hydrogen) atoms. The minimum absolute atomic E-state index is 0.107. The van der Waals surface area contributed by atoms with Crippen molar-refractivity contribution in [3.8, 4) is 33.7 Å². The number of hydrogen-bond acceptors (Lipinski definition) is 8. The van der Waals surface area contributed by atoms with E-state index in [1.165, 1.54) is 29.8 Å². The number of ether oxygens (including phenoxy) is 2. The maximum Gasteiger partial charge on any atom is 0.269 e. The molecular formula is C23H23N3O5S2. The van der Waals surface area contributed by atoms with Gasteiger partial charge < -0.3 is 14.0 Å². The summed E-state index contributed by atoms with van der Waals surface area (Å²) in [5.41, 5.74) is 3.33. The number of thiophene rings is 1. The molecule has 0 fully saturated rings. The minimum Gasteiger partial charge on any atom is -0.493 e. The Labute approximate surface area is 196 Å². The van der Waals surface area contributed by atoms with Crippen LogP contribution in [0.5, 0.6) is 11.5 Å². The Bertz CT molecular complexity index is 1410. The van der Waals surface area contributed by atoms with E-state index in [1.54, 1.807) is 42.8 Å². The van der Waals surface area contributed by atoms with E-state index in [4.69, 9.17) is 14.0 Å². The second kappa shape index (κ2) is 8.87. The van der Waals surface area contributed by atoms with Gasteiger partial charge in [0.25, 0.3) is 15.9 Å². The van der Waals surface area contributed by atoms with E-state index in [-0.39, 0.29) is 10.8 Å². The third kappa shape index (κ3) is 4.19. The normalized spacial score (nSPS) is 11.4. The molecule has 2 aromatic heterocycles. The van der Waals surface area contributed by atoms with E-state index in [9.17, 15) is 8.42 Å². The van der Waals surface area contributed by atoms with E-state index >= 15 is 0 Å². The fraction of sp³-hybridized carbons (Fsp3) is 0.217. The van der Waals surface area contributed by atoms with Gasteiger partial charge in [-0.05, 0) is 66.8 Å². The van der Waals surface area contributed by atoms with Crippen LogP contribution in [0.4, 0.5) is 5.69 Å². The fourth-order valence-electron chi connectivity index (χ4n) is 3.27. The smallest absolute Gasteiger partial charge is 0.269 e. The van der Waals surface area contributed by atoms with Gasteiger partial charge in [-0.2, -0.15) is 4.98 Å². The summed E-state index contributed by atoms with van der Waals surface area (Å²) >= 11 is 1.22. The molecule has 0 aliphatic rings. The van der Waals surface area contributed by atoms with Crippen LogP contribution in [0.25, 0.3) is 22.2 Å². The largest absolute Gasteiger partial charge is 0.493 e. The summed E-state index contributed by atoms with van der Waals surface area (Å²) in [5, 5.41) is 5.73. The van der Waals surface area contributed by atoms with Crippen LogP contribution in [-0.2, 0) is 10.0 Å². The lowest BCUT2D eigenvalue weighted by atomic mass is 10.1. The summed E-state index contributed by atoms with van der Waals surface area (Å²) in [5.74, 6) is 1.54. The molecule has 8 nitrogen and oxygen atoms in total. The van der Waals surface area contributed by atoms with Gasteiger partial charge in [0.05, 0.1) is 19.9 Å². The molecule has 0 bridgehead atoms. The predicted octanol–water partition coefficient (Wildman–Crippen LogP) is 4.92. The highest BCUT2D eigenvalue weighted by Gasteiger charge is 2.29. The summed E-state index contributed by atoms with van der Waals surface area (Å²) in [6.07, 6.45) is 0. The number of hydrogen-bond donors (Lipinski definition) is 0. The van der Waals surface area contributed by atoms with Crippen LogP contribution < -0.4 is 13.8 Å². The van der Waals surface area contributed by atoms with E-state index in [2.05, 4.69) is 10.1 Å². The number of aromatic nitrogens is 2.